The first-order valence-electron chi connectivity index (χ1n) is 30.7. The summed E-state index contributed by atoms with van der Waals surface area (Å²) in [5.41, 5.74) is 12.7. The van der Waals surface area contributed by atoms with E-state index in [-0.39, 0.29) is 158 Å². The Morgan fingerprint density at radius 2 is 1.27 bits per heavy atom. The molecule has 0 fully saturated rings. The molecule has 0 spiro atoms. The number of ketones is 6. The van der Waals surface area contributed by atoms with Crippen LogP contribution in [0.1, 0.15) is 135 Å². The maximum atomic E-state index is 13.9. The van der Waals surface area contributed by atoms with Crippen molar-refractivity contribution in [2.75, 3.05) is 61.2 Å². The Labute approximate surface area is 565 Å². The van der Waals surface area contributed by atoms with Crippen molar-refractivity contribution in [3.8, 4) is 0 Å². The number of imidazole rings is 1. The molecule has 4 aromatic carbocycles. The first-order valence-corrected chi connectivity index (χ1v) is 35.0. The summed E-state index contributed by atoms with van der Waals surface area (Å²) in [7, 11) is -14.9. The van der Waals surface area contributed by atoms with Crippen molar-refractivity contribution in [3.63, 3.8) is 0 Å². The molecule has 34 heteroatoms. The number of aromatic amines is 1. The normalized spacial score (nSPS) is 13.4. The summed E-state index contributed by atoms with van der Waals surface area (Å²) >= 11 is 0. The third kappa shape index (κ3) is 20.2. The number of rotatable bonds is 38. The number of nitrogen functional groups attached to an aromatic ring is 1. The molecule has 1 aliphatic carbocycles. The summed E-state index contributed by atoms with van der Waals surface area (Å²) in [6, 6.07) is 14.0. The van der Waals surface area contributed by atoms with Gasteiger partial charge in [-0.05, 0) is 54.8 Å². The van der Waals surface area contributed by atoms with Crippen molar-refractivity contribution in [2.45, 2.75) is 120 Å². The Kier molecular flexibility index (Phi) is 24.6. The molecule has 6 aromatic rings. The first kappa shape index (κ1) is 76.2. The Hall–Kier alpha value is -9.13. The number of nitrogens with two attached hydrogens (primary N) is 3. The van der Waals surface area contributed by atoms with E-state index in [1.54, 1.807) is 47.7 Å². The molecular weight excluding hydrogens is 1340 g/mol. The third-order valence-electron chi connectivity index (χ3n) is 16.3. The molecule has 1 aliphatic rings. The van der Waals surface area contributed by atoms with Crippen LogP contribution in [0.5, 0.6) is 0 Å². The van der Waals surface area contributed by atoms with Crippen molar-refractivity contribution in [1.29, 1.82) is 0 Å². The average Bonchev–Trinajstić information content (AvgIpc) is 0.763. The van der Waals surface area contributed by atoms with E-state index >= 15 is 0 Å². The predicted molar refractivity (Wildman–Crippen MR) is 355 cm³/mol. The van der Waals surface area contributed by atoms with Gasteiger partial charge in [-0.3, -0.25) is 52.0 Å². The summed E-state index contributed by atoms with van der Waals surface area (Å²) < 4.78 is 116. The molecule has 526 valence electrons. The molecule has 0 saturated carbocycles. The Bertz CT molecular complexity index is 4410. The van der Waals surface area contributed by atoms with Crippen LogP contribution in [0.3, 0.4) is 0 Å². The fourth-order valence-electron chi connectivity index (χ4n) is 10.6. The summed E-state index contributed by atoms with van der Waals surface area (Å²) in [5.74, 6) is -5.39. The maximum absolute atomic E-state index is 13.9. The van der Waals surface area contributed by atoms with Gasteiger partial charge in [-0.25, -0.2) is 4.98 Å². The molecule has 2 atom stereocenters. The highest BCUT2D eigenvalue weighted by atomic mass is 32.2. The van der Waals surface area contributed by atoms with Crippen LogP contribution in [-0.2, 0) is 81.4 Å². The number of ether oxygens (including phenoxy) is 2. The number of unbranched alkanes of at least 4 members (excludes halogenated alkanes) is 1. The minimum Gasteiger partial charge on any atom is -0.397 e. The number of fused-ring (bicyclic) bond motifs is 2. The van der Waals surface area contributed by atoms with Gasteiger partial charge in [-0.1, -0.05) is 84.4 Å². The second-order valence-corrected chi connectivity index (χ2v) is 29.6. The quantitative estimate of drug-likeness (QED) is 0.0136. The van der Waals surface area contributed by atoms with Gasteiger partial charge < -0.3 is 52.9 Å². The molecule has 31 nitrogen and oxygen atoms in total. The number of benzene rings is 4. The summed E-state index contributed by atoms with van der Waals surface area (Å²) in [6.07, 6.45) is 3.13. The zero-order chi connectivity index (χ0) is 72.3. The lowest BCUT2D eigenvalue weighted by atomic mass is 9.69. The van der Waals surface area contributed by atoms with Gasteiger partial charge in [0.05, 0.1) is 64.5 Å². The molecule has 14 N–H and O–H groups in total. The second kappa shape index (κ2) is 31.6. The molecule has 7 rings (SSSR count). The summed E-state index contributed by atoms with van der Waals surface area (Å²) in [6.45, 7) is 9.61. The molecule has 0 radical (unpaired) electrons. The van der Waals surface area contributed by atoms with E-state index in [2.05, 4.69) is 46.2 Å². The molecule has 98 heavy (non-hydrogen) atoms. The topological polar surface area (TPSA) is 512 Å². The van der Waals surface area contributed by atoms with Gasteiger partial charge in [0.2, 0.25) is 23.7 Å². The fraction of sp³-hybridized carbons (Fsp3) is 0.406. The molecule has 0 aliphatic heterocycles. The highest BCUT2D eigenvalue weighted by Gasteiger charge is 2.42. The zero-order valence-corrected chi connectivity index (χ0v) is 56.9. The van der Waals surface area contributed by atoms with E-state index in [1.807, 2.05) is 0 Å². The number of H-pyrrole nitrogens is 1. The molecule has 2 heterocycles. The molecule has 0 bridgehead atoms. The Morgan fingerprint density at radius 1 is 0.653 bits per heavy atom. The minimum atomic E-state index is -5.13. The molecule has 2 amide bonds. The van der Waals surface area contributed by atoms with E-state index in [4.69, 9.17) is 26.7 Å². The van der Waals surface area contributed by atoms with Crippen molar-refractivity contribution in [2.24, 2.45) is 33.6 Å². The number of carbonyl (C=O) groups excluding carboxylic acids is 8. The second-order valence-electron chi connectivity index (χ2n) is 25.4. The lowest BCUT2D eigenvalue weighted by Crippen LogP contribution is -2.41. The van der Waals surface area contributed by atoms with Gasteiger partial charge in [0, 0.05) is 108 Å². The van der Waals surface area contributed by atoms with Crippen molar-refractivity contribution >= 4 is 112 Å². The van der Waals surface area contributed by atoms with Crippen LogP contribution in [0.2, 0.25) is 0 Å². The predicted octanol–water partition coefficient (Wildman–Crippen LogP) is 5.09. The smallest absolute Gasteiger partial charge is 0.296 e. The van der Waals surface area contributed by atoms with Crippen LogP contribution in [0.15, 0.2) is 100 Å². The molecule has 0 unspecified atom stereocenters. The fourth-order valence-corrected chi connectivity index (χ4v) is 12.5. The van der Waals surface area contributed by atoms with Crippen molar-refractivity contribution in [3.05, 3.63) is 125 Å². The van der Waals surface area contributed by atoms with E-state index < -0.39 is 114 Å². The van der Waals surface area contributed by atoms with Crippen LogP contribution in [-0.4, -0.2) is 156 Å². The number of aromatic nitrogens is 5. The summed E-state index contributed by atoms with van der Waals surface area (Å²) in [5, 5.41) is 11.2. The van der Waals surface area contributed by atoms with Crippen LogP contribution >= 0.6 is 0 Å². The number of primary amides is 1. The van der Waals surface area contributed by atoms with E-state index in [9.17, 15) is 77.3 Å². The first-order chi connectivity index (χ1) is 45.7. The number of hydrogen-bond acceptors (Lipinski definition) is 25. The summed E-state index contributed by atoms with van der Waals surface area (Å²) in [4.78, 5) is 124. The number of Topliss-reactive ketones (excluding diaryl/α,β-unsaturated/α-hetero) is 4. The van der Waals surface area contributed by atoms with Gasteiger partial charge in [-0.2, -0.15) is 40.2 Å². The number of nitrogens with zero attached hydrogens (tertiary/aromatic N) is 4. The Balaban J connectivity index is 0.885. The number of amides is 2. The van der Waals surface area contributed by atoms with Gasteiger partial charge in [0.15, 0.2) is 17.3 Å². The third-order valence-corrected chi connectivity index (χ3v) is 19.0. The van der Waals surface area contributed by atoms with E-state index in [0.717, 1.165) is 24.3 Å². The SMILES string of the molecule is CC(C)(CC(=O)[C@@H](N)Cc1cnc[nH]1)C(=O)CC(C)(C)C(=O)CC(C)(C)C(=O)C[C@@H](CCCCNC(=O)COCCOCCNc1nc(Cc2ccc(Nc3cc(S(=O)(=O)O)c(N)c4c3C(=O)c3ccccc3C4=O)cc2S(=O)(=O)O)nc(Nc2cccc(S(=O)(=O)O)c2)n1)C(N)=O. The number of anilines is 6. The highest BCUT2D eigenvalue weighted by Crippen LogP contribution is 2.41. The van der Waals surface area contributed by atoms with Crippen LogP contribution < -0.4 is 38.5 Å². The largest absolute Gasteiger partial charge is 0.397 e. The molecular formula is C64H78N12O19S3. The lowest BCUT2D eigenvalue weighted by molar-refractivity contribution is -0.141. The van der Waals surface area contributed by atoms with Gasteiger partial charge >= 0.3 is 0 Å². The van der Waals surface area contributed by atoms with Crippen molar-refractivity contribution < 1.29 is 86.7 Å². The van der Waals surface area contributed by atoms with E-state index in [0.29, 0.717) is 18.5 Å². The molecule has 0 saturated heterocycles. The van der Waals surface area contributed by atoms with Gasteiger partial charge in [0.25, 0.3) is 30.4 Å². The lowest BCUT2D eigenvalue weighted by Gasteiger charge is -2.32. The Morgan fingerprint density at radius 3 is 1.89 bits per heavy atom. The van der Waals surface area contributed by atoms with Gasteiger partial charge in [0.1, 0.15) is 34.7 Å². The number of hydrogen-bond donors (Lipinski definition) is 11. The minimum absolute atomic E-state index is 0.00954. The standard InChI is InChI=1S/C64H78N12O19S3/c1-62(2,30-46(77)44(65)27-40-33-68-35-71-40)50(79)32-64(5,6)51(80)31-63(3,4)49(78)24-37(59(67)84)12-9-10-19-69-53(81)34-95-23-22-94-21-20-70-60-74-52(75-61(76-60)73-38-13-11-14-41(26-38)96(85,86)87)25-36-17-18-39(28-47(36)97(88,89)90)72-45-29-48(98(91,92)93)56(66)55-54(45)57(82)42-15-7-8-16-43(42)58(55)83/h7-8,11,13-18,26,28-29,33,35,37,44,72H,9-10,12,19-25,27,30-32,34,65-66H2,1-6H3,(H2,67,84)(H,68,71)(H,69,81)(H,85,86,87)(H,88,89,90)(H,91,92,93)(H2,70,73,74,75,76)/t37-,44+/m1/s1. The van der Waals surface area contributed by atoms with Crippen molar-refractivity contribution in [1.82, 2.24) is 30.2 Å². The zero-order valence-electron chi connectivity index (χ0n) is 54.5. The maximum Gasteiger partial charge on any atom is 0.296 e. The molecule has 2 aromatic heterocycles. The van der Waals surface area contributed by atoms with Crippen LogP contribution in [0.25, 0.3) is 0 Å². The van der Waals surface area contributed by atoms with Crippen LogP contribution in [0, 0.1) is 22.2 Å². The number of nitrogens with one attached hydrogen (secondary N) is 5. The highest BCUT2D eigenvalue weighted by molar-refractivity contribution is 7.86. The van der Waals surface area contributed by atoms with E-state index in [1.165, 1.54) is 54.9 Å². The monoisotopic (exact) mass is 1410 g/mol. The van der Waals surface area contributed by atoms with Gasteiger partial charge in [-0.15, -0.1) is 0 Å². The van der Waals surface area contributed by atoms with Crippen LogP contribution in [0.4, 0.5) is 34.6 Å². The number of carbonyl (C=O) groups is 8. The average molecular weight is 1420 g/mol.